The first-order chi connectivity index (χ1) is 15.8. The molecule has 2 aromatic carbocycles. The molecular formula is C23H13BrFN3O4S. The van der Waals surface area contributed by atoms with Gasteiger partial charge in [0.05, 0.1) is 4.90 Å². The third kappa shape index (κ3) is 4.55. The second-order valence-electron chi connectivity index (χ2n) is 6.70. The van der Waals surface area contributed by atoms with Crippen LogP contribution in [-0.4, -0.2) is 17.8 Å². The van der Waals surface area contributed by atoms with Gasteiger partial charge in [0, 0.05) is 10.7 Å². The number of rotatable bonds is 5. The molecule has 0 radical (unpaired) electrons. The predicted molar refractivity (Wildman–Crippen MR) is 123 cm³/mol. The van der Waals surface area contributed by atoms with Crippen LogP contribution in [0.3, 0.4) is 0 Å². The topological polar surface area (TPSA) is 102 Å². The van der Waals surface area contributed by atoms with E-state index in [-0.39, 0.29) is 27.7 Å². The molecule has 33 heavy (non-hydrogen) atoms. The van der Waals surface area contributed by atoms with E-state index >= 15 is 0 Å². The first-order valence-electron chi connectivity index (χ1n) is 9.37. The van der Waals surface area contributed by atoms with Crippen LogP contribution in [0.2, 0.25) is 0 Å². The average molecular weight is 526 g/mol. The highest BCUT2D eigenvalue weighted by atomic mass is 79.9. The number of nitriles is 1. The average Bonchev–Trinajstić information content (AvgIpc) is 2.80. The number of pyridine rings is 1. The summed E-state index contributed by atoms with van der Waals surface area (Å²) in [5.41, 5.74) is -0.650. The summed E-state index contributed by atoms with van der Waals surface area (Å²) in [6.07, 6.45) is 2.39. The van der Waals surface area contributed by atoms with Crippen molar-refractivity contribution in [3.63, 3.8) is 0 Å². The van der Waals surface area contributed by atoms with Crippen molar-refractivity contribution in [1.82, 2.24) is 9.38 Å². The van der Waals surface area contributed by atoms with Gasteiger partial charge in [-0.25, -0.2) is 12.8 Å². The first-order valence-corrected chi connectivity index (χ1v) is 11.6. The summed E-state index contributed by atoms with van der Waals surface area (Å²) in [6.45, 7) is 0. The molecule has 4 rings (SSSR count). The van der Waals surface area contributed by atoms with Crippen LogP contribution in [-0.2, 0) is 9.84 Å². The fourth-order valence-electron chi connectivity index (χ4n) is 2.94. The summed E-state index contributed by atoms with van der Waals surface area (Å²) < 4.78 is 46.9. The molecule has 2 aromatic heterocycles. The molecule has 0 spiro atoms. The van der Waals surface area contributed by atoms with Gasteiger partial charge in [0.15, 0.2) is 0 Å². The van der Waals surface area contributed by atoms with E-state index in [0.29, 0.717) is 4.47 Å². The van der Waals surface area contributed by atoms with E-state index in [1.54, 1.807) is 24.3 Å². The molecule has 0 aliphatic rings. The molecular weight excluding hydrogens is 513 g/mol. The van der Waals surface area contributed by atoms with E-state index in [4.69, 9.17) is 4.74 Å². The van der Waals surface area contributed by atoms with Gasteiger partial charge in [-0.1, -0.05) is 22.0 Å². The van der Waals surface area contributed by atoms with Crippen molar-refractivity contribution >= 4 is 37.5 Å². The van der Waals surface area contributed by atoms with Crippen LogP contribution < -0.4 is 10.3 Å². The molecule has 0 saturated carbocycles. The summed E-state index contributed by atoms with van der Waals surface area (Å²) in [5, 5.41) is 9.64. The normalized spacial score (nSPS) is 11.8. The van der Waals surface area contributed by atoms with Crippen molar-refractivity contribution in [3.05, 3.63) is 104 Å². The van der Waals surface area contributed by atoms with Crippen molar-refractivity contribution in [1.29, 1.82) is 5.26 Å². The number of hydrogen-bond acceptors (Lipinski definition) is 6. The van der Waals surface area contributed by atoms with Gasteiger partial charge in [0.2, 0.25) is 15.7 Å². The molecule has 0 aliphatic heterocycles. The Morgan fingerprint density at radius 3 is 2.45 bits per heavy atom. The summed E-state index contributed by atoms with van der Waals surface area (Å²) in [4.78, 5) is 16.7. The van der Waals surface area contributed by atoms with Crippen LogP contribution in [0.1, 0.15) is 5.56 Å². The highest BCUT2D eigenvalue weighted by molar-refractivity contribution is 9.10. The van der Waals surface area contributed by atoms with Crippen molar-refractivity contribution in [3.8, 4) is 17.7 Å². The van der Waals surface area contributed by atoms with Gasteiger partial charge in [-0.05, 0) is 66.7 Å². The highest BCUT2D eigenvalue weighted by Gasteiger charge is 2.23. The van der Waals surface area contributed by atoms with E-state index in [1.807, 2.05) is 0 Å². The monoisotopic (exact) mass is 525 g/mol. The standard InChI is InChI=1S/C23H13BrFN3O4S/c24-15-4-10-18(11-5-15)33(30,31)19(14-26)13-20-22(32-17-8-6-16(25)7-9-17)27-21-3-1-2-12-28(21)23(20)29/h1-13H/b19-13+. The minimum absolute atomic E-state index is 0.117. The van der Waals surface area contributed by atoms with E-state index < -0.39 is 26.1 Å². The maximum atomic E-state index is 13.3. The summed E-state index contributed by atoms with van der Waals surface area (Å²) in [6, 6.07) is 17.2. The summed E-state index contributed by atoms with van der Waals surface area (Å²) in [7, 11) is -4.23. The maximum Gasteiger partial charge on any atom is 0.269 e. The van der Waals surface area contributed by atoms with Gasteiger partial charge in [0.1, 0.15) is 33.8 Å². The lowest BCUT2D eigenvalue weighted by Crippen LogP contribution is -2.19. The molecule has 0 bridgehead atoms. The van der Waals surface area contributed by atoms with Crippen molar-refractivity contribution in [2.24, 2.45) is 0 Å². The van der Waals surface area contributed by atoms with E-state index in [1.165, 1.54) is 47.0 Å². The molecule has 0 amide bonds. The number of halogens is 2. The zero-order chi connectivity index (χ0) is 23.6. The van der Waals surface area contributed by atoms with Crippen LogP contribution >= 0.6 is 15.9 Å². The number of allylic oxidation sites excluding steroid dienone is 1. The van der Waals surface area contributed by atoms with Crippen LogP contribution in [0.25, 0.3) is 11.7 Å². The second-order valence-corrected chi connectivity index (χ2v) is 9.53. The van der Waals surface area contributed by atoms with Crippen LogP contribution in [0.5, 0.6) is 11.6 Å². The SMILES string of the molecule is N#C/C(=C\c1c(Oc2ccc(F)cc2)nc2ccccn2c1=O)S(=O)(=O)c1ccc(Br)cc1. The number of sulfone groups is 1. The fourth-order valence-corrected chi connectivity index (χ4v) is 4.35. The molecule has 0 unspecified atom stereocenters. The second kappa shape index (κ2) is 8.97. The molecule has 164 valence electrons. The Morgan fingerprint density at radius 1 is 1.09 bits per heavy atom. The number of ether oxygens (including phenoxy) is 1. The van der Waals surface area contributed by atoms with Gasteiger partial charge in [-0.3, -0.25) is 9.20 Å². The van der Waals surface area contributed by atoms with Gasteiger partial charge >= 0.3 is 0 Å². The van der Waals surface area contributed by atoms with Crippen LogP contribution in [0.4, 0.5) is 4.39 Å². The third-order valence-corrected chi connectivity index (χ3v) is 6.77. The van der Waals surface area contributed by atoms with Gasteiger partial charge < -0.3 is 4.74 Å². The molecule has 0 saturated heterocycles. The Morgan fingerprint density at radius 2 is 1.79 bits per heavy atom. The summed E-state index contributed by atoms with van der Waals surface area (Å²) in [5.74, 6) is -0.537. The molecule has 0 atom stereocenters. The minimum Gasteiger partial charge on any atom is -0.438 e. The Bertz CT molecular complexity index is 1590. The minimum atomic E-state index is -4.23. The number of fused-ring (bicyclic) bond motifs is 1. The Labute approximate surface area is 196 Å². The largest absolute Gasteiger partial charge is 0.438 e. The molecule has 0 aliphatic carbocycles. The molecule has 2 heterocycles. The maximum absolute atomic E-state index is 13.3. The number of benzene rings is 2. The molecule has 7 nitrogen and oxygen atoms in total. The van der Waals surface area contributed by atoms with Crippen LogP contribution in [0, 0.1) is 17.1 Å². The zero-order valence-corrected chi connectivity index (χ0v) is 19.0. The third-order valence-electron chi connectivity index (χ3n) is 4.56. The van der Waals surface area contributed by atoms with Crippen molar-refractivity contribution in [2.45, 2.75) is 4.90 Å². The zero-order valence-electron chi connectivity index (χ0n) is 16.6. The lowest BCUT2D eigenvalue weighted by Gasteiger charge is -2.10. The van der Waals surface area contributed by atoms with Gasteiger partial charge in [-0.2, -0.15) is 10.2 Å². The lowest BCUT2D eigenvalue weighted by atomic mass is 10.2. The van der Waals surface area contributed by atoms with Crippen molar-refractivity contribution < 1.29 is 17.5 Å². The Hall–Kier alpha value is -3.81. The molecule has 4 aromatic rings. The van der Waals surface area contributed by atoms with Crippen LogP contribution in [0.15, 0.2) is 92.0 Å². The number of nitrogens with zero attached hydrogens (tertiary/aromatic N) is 3. The Kier molecular flexibility index (Phi) is 6.09. The molecule has 0 fully saturated rings. The van der Waals surface area contributed by atoms with E-state index in [2.05, 4.69) is 20.9 Å². The van der Waals surface area contributed by atoms with Crippen molar-refractivity contribution in [2.75, 3.05) is 0 Å². The van der Waals surface area contributed by atoms with E-state index in [9.17, 15) is 22.9 Å². The first kappa shape index (κ1) is 22.4. The van der Waals surface area contributed by atoms with Gasteiger partial charge in [-0.15, -0.1) is 0 Å². The fraction of sp³-hybridized carbons (Fsp3) is 0. The Balaban J connectivity index is 1.92. The molecule has 10 heteroatoms. The molecule has 0 N–H and O–H groups in total. The number of aromatic nitrogens is 2. The van der Waals surface area contributed by atoms with E-state index in [0.717, 1.165) is 18.2 Å². The lowest BCUT2D eigenvalue weighted by molar-refractivity contribution is 0.459. The van der Waals surface area contributed by atoms with Gasteiger partial charge in [0.25, 0.3) is 5.56 Å². The quantitative estimate of drug-likeness (QED) is 0.349. The predicted octanol–water partition coefficient (Wildman–Crippen LogP) is 4.73. The highest BCUT2D eigenvalue weighted by Crippen LogP contribution is 2.27. The summed E-state index contributed by atoms with van der Waals surface area (Å²) >= 11 is 3.23. The smallest absolute Gasteiger partial charge is 0.269 e. The number of hydrogen-bond donors (Lipinski definition) is 0.